The highest BCUT2D eigenvalue weighted by Gasteiger charge is 2.46. The summed E-state index contributed by atoms with van der Waals surface area (Å²) in [5.41, 5.74) is 2.28. The van der Waals surface area contributed by atoms with Crippen LogP contribution >= 0.6 is 0 Å². The quantitative estimate of drug-likeness (QED) is 0.105. The average molecular weight is 878 g/mol. The van der Waals surface area contributed by atoms with Crippen LogP contribution in [0.1, 0.15) is 77.2 Å². The van der Waals surface area contributed by atoms with Gasteiger partial charge in [0.15, 0.2) is 5.82 Å². The molecule has 0 radical (unpaired) electrons. The number of aromatic nitrogens is 3. The second kappa shape index (κ2) is 18.6. The van der Waals surface area contributed by atoms with Crippen LogP contribution in [0.5, 0.6) is 0 Å². The van der Waals surface area contributed by atoms with Crippen LogP contribution in [0.15, 0.2) is 36.4 Å². The van der Waals surface area contributed by atoms with Crippen LogP contribution in [0.2, 0.25) is 0 Å². The fourth-order valence-electron chi connectivity index (χ4n) is 10.0. The molecular weight excluding hydrogens is 819 g/mol. The number of aromatic amines is 1. The van der Waals surface area contributed by atoms with E-state index in [4.69, 9.17) is 4.98 Å². The summed E-state index contributed by atoms with van der Waals surface area (Å²) in [6.45, 7) is 3.15. The number of rotatable bonds is 15. The molecule has 8 rings (SSSR count). The maximum atomic E-state index is 15.7. The van der Waals surface area contributed by atoms with Crippen LogP contribution < -0.4 is 21.3 Å². The highest BCUT2D eigenvalue weighted by Crippen LogP contribution is 2.39. The highest BCUT2D eigenvalue weighted by molar-refractivity contribution is 5.93. The van der Waals surface area contributed by atoms with Gasteiger partial charge in [-0.2, -0.15) is 0 Å². The summed E-state index contributed by atoms with van der Waals surface area (Å²) in [6, 6.07) is 4.37. The molecule has 17 heteroatoms. The number of carbonyl (C=O) groups is 4. The van der Waals surface area contributed by atoms with Gasteiger partial charge in [0.1, 0.15) is 36.1 Å². The first-order valence-corrected chi connectivity index (χ1v) is 22.5. The molecule has 4 aliphatic rings. The zero-order valence-corrected chi connectivity index (χ0v) is 36.4. The number of nitrogens with zero attached hydrogens (tertiary/aromatic N) is 4. The van der Waals surface area contributed by atoms with Gasteiger partial charge in [0.25, 0.3) is 0 Å². The van der Waals surface area contributed by atoms with E-state index in [-0.39, 0.29) is 74.4 Å². The van der Waals surface area contributed by atoms with E-state index < -0.39 is 60.2 Å². The van der Waals surface area contributed by atoms with Crippen LogP contribution in [0.3, 0.4) is 0 Å². The number of likely N-dealkylation sites (N-methyl/N-ethyl adjacent to an activating group) is 2. The number of fused-ring (bicyclic) bond motifs is 2. The third-order valence-electron chi connectivity index (χ3n) is 13.9. The van der Waals surface area contributed by atoms with E-state index in [2.05, 4.69) is 26.3 Å². The highest BCUT2D eigenvalue weighted by atomic mass is 19.1. The van der Waals surface area contributed by atoms with Crippen molar-refractivity contribution in [3.8, 4) is 11.5 Å². The van der Waals surface area contributed by atoms with Crippen molar-refractivity contribution in [2.45, 2.75) is 133 Å². The van der Waals surface area contributed by atoms with Gasteiger partial charge in [0.2, 0.25) is 23.6 Å². The summed E-state index contributed by atoms with van der Waals surface area (Å²) in [5.74, 6) is -2.25. The molecular formula is C46H59F4N9O4. The zero-order chi connectivity index (χ0) is 44.7. The Hall–Kier alpha value is -5.03. The largest absolute Gasteiger partial charge is 0.352 e. The van der Waals surface area contributed by atoms with E-state index in [1.165, 1.54) is 34.1 Å². The molecule has 0 bridgehead atoms. The number of nitrogens with one attached hydrogen (secondary N) is 5. The van der Waals surface area contributed by atoms with E-state index in [0.29, 0.717) is 39.0 Å². The molecule has 2 saturated heterocycles. The standard InChI is InChI=1S/C46H59F4N9O4/c1-24(51-3)43(60)55-39(26-8-6-5-7-9-26)46(63)58-22-31(50)17-33(58)23-59-38-15-13-29(48)19-37(38)54-42(59)41-35(34-14-12-28(47)18-36(34)53-41)20-32-16-30(49)21-57(32)45(62)40(27-10-11-27)56-44(61)25(2)52-4/h12-15,18-19,24-27,30-33,39-40,51-53H,5-11,16-17,20-23H2,1-4H3,(H,55,60)(H,56,61)/t24-,25-,30-,31-,32-,33-,39-,40-/m0/s1. The van der Waals surface area contributed by atoms with Crippen LogP contribution in [0.4, 0.5) is 17.6 Å². The van der Waals surface area contributed by atoms with E-state index in [0.717, 1.165) is 44.9 Å². The molecule has 340 valence electrons. The Kier molecular flexibility index (Phi) is 13.2. The molecule has 0 unspecified atom stereocenters. The minimum Gasteiger partial charge on any atom is -0.352 e. The molecule has 4 fully saturated rings. The monoisotopic (exact) mass is 877 g/mol. The van der Waals surface area contributed by atoms with Gasteiger partial charge in [0, 0.05) is 42.4 Å². The van der Waals surface area contributed by atoms with Crippen molar-refractivity contribution in [3.63, 3.8) is 0 Å². The van der Waals surface area contributed by atoms with Crippen LogP contribution in [-0.4, -0.2) is 124 Å². The van der Waals surface area contributed by atoms with Crippen molar-refractivity contribution in [2.75, 3.05) is 27.2 Å². The molecule has 2 aromatic heterocycles. The van der Waals surface area contributed by atoms with Crippen molar-refractivity contribution in [1.29, 1.82) is 0 Å². The molecule has 5 N–H and O–H groups in total. The van der Waals surface area contributed by atoms with Crippen molar-refractivity contribution in [2.24, 2.45) is 11.8 Å². The van der Waals surface area contributed by atoms with Gasteiger partial charge in [0.05, 0.1) is 47.9 Å². The summed E-state index contributed by atoms with van der Waals surface area (Å²) >= 11 is 0. The Bertz CT molecular complexity index is 2340. The lowest BCUT2D eigenvalue weighted by atomic mass is 9.83. The SMILES string of the molecule is CN[C@@H](C)C(=O)N[C@H](C(=O)N1C[C@@H](F)C[C@H]1Cc1c(-c2nc3cc(F)ccc3n2C[C@@H]2C[C@H](F)CN2C(=O)[C@@H](NC(=O)[C@H](C)NC)C2CCCCC2)[nH]c2cc(F)ccc12)C1CC1. The third-order valence-corrected chi connectivity index (χ3v) is 13.9. The number of carbonyl (C=O) groups excluding carboxylic acids is 4. The second-order valence-electron chi connectivity index (χ2n) is 18.2. The molecule has 2 aromatic carbocycles. The second-order valence-corrected chi connectivity index (χ2v) is 18.2. The number of halogens is 4. The lowest BCUT2D eigenvalue weighted by Crippen LogP contribution is -2.57. The minimum atomic E-state index is -1.34. The van der Waals surface area contributed by atoms with Crippen molar-refractivity contribution < 1.29 is 36.7 Å². The Morgan fingerprint density at radius 2 is 1.32 bits per heavy atom. The summed E-state index contributed by atoms with van der Waals surface area (Å²) in [7, 11) is 3.32. The summed E-state index contributed by atoms with van der Waals surface area (Å²) in [4.78, 5) is 66.5. The first-order chi connectivity index (χ1) is 30.2. The first kappa shape index (κ1) is 44.6. The Morgan fingerprint density at radius 1 is 0.762 bits per heavy atom. The lowest BCUT2D eigenvalue weighted by molar-refractivity contribution is -0.139. The molecule has 2 aliphatic carbocycles. The molecule has 4 amide bonds. The normalized spacial score (nSPS) is 23.9. The number of amides is 4. The fraction of sp³-hybridized carbons (Fsp3) is 0.587. The molecule has 8 atom stereocenters. The zero-order valence-electron chi connectivity index (χ0n) is 36.4. The predicted octanol–water partition coefficient (Wildman–Crippen LogP) is 5.06. The molecule has 4 heterocycles. The Balaban J connectivity index is 1.16. The lowest BCUT2D eigenvalue weighted by Gasteiger charge is -2.35. The van der Waals surface area contributed by atoms with Crippen molar-refractivity contribution >= 4 is 45.6 Å². The predicted molar refractivity (Wildman–Crippen MR) is 231 cm³/mol. The number of hydrogen-bond donors (Lipinski definition) is 5. The maximum Gasteiger partial charge on any atom is 0.245 e. The Labute approximate surface area is 364 Å². The molecule has 4 aromatic rings. The van der Waals surface area contributed by atoms with Gasteiger partial charge in [-0.3, -0.25) is 19.2 Å². The number of alkyl halides is 2. The molecule has 2 aliphatic heterocycles. The van der Waals surface area contributed by atoms with Crippen LogP contribution in [0, 0.1) is 23.5 Å². The van der Waals surface area contributed by atoms with Gasteiger partial charge < -0.3 is 40.6 Å². The Morgan fingerprint density at radius 3 is 1.92 bits per heavy atom. The summed E-state index contributed by atoms with van der Waals surface area (Å²) in [6.07, 6.45) is 3.42. The molecule has 0 spiro atoms. The average Bonchev–Trinajstić information content (AvgIpc) is 3.64. The van der Waals surface area contributed by atoms with Gasteiger partial charge in [-0.15, -0.1) is 0 Å². The van der Waals surface area contributed by atoms with Gasteiger partial charge in [-0.1, -0.05) is 19.3 Å². The molecule has 63 heavy (non-hydrogen) atoms. The van der Waals surface area contributed by atoms with E-state index in [9.17, 15) is 28.0 Å². The molecule has 13 nitrogen and oxygen atoms in total. The molecule has 2 saturated carbocycles. The van der Waals surface area contributed by atoms with Gasteiger partial charge in [-0.25, -0.2) is 22.5 Å². The van der Waals surface area contributed by atoms with E-state index in [1.807, 2.05) is 4.57 Å². The van der Waals surface area contributed by atoms with Crippen molar-refractivity contribution in [1.82, 2.24) is 45.6 Å². The van der Waals surface area contributed by atoms with Gasteiger partial charge in [-0.05, 0) is 108 Å². The minimum absolute atomic E-state index is 0.0118. The van der Waals surface area contributed by atoms with Crippen LogP contribution in [-0.2, 0) is 32.1 Å². The number of imidazole rings is 1. The van der Waals surface area contributed by atoms with Crippen LogP contribution in [0.25, 0.3) is 33.5 Å². The van der Waals surface area contributed by atoms with Gasteiger partial charge >= 0.3 is 0 Å². The summed E-state index contributed by atoms with van der Waals surface area (Å²) in [5, 5.41) is 12.3. The summed E-state index contributed by atoms with van der Waals surface area (Å²) < 4.78 is 62.9. The fourth-order valence-corrected chi connectivity index (χ4v) is 10.0. The first-order valence-electron chi connectivity index (χ1n) is 22.5. The third kappa shape index (κ3) is 9.31. The van der Waals surface area contributed by atoms with E-state index in [1.54, 1.807) is 40.1 Å². The topological polar surface area (TPSA) is 156 Å². The van der Waals surface area contributed by atoms with Crippen molar-refractivity contribution in [3.05, 3.63) is 53.6 Å². The number of H-pyrrole nitrogens is 1. The maximum absolute atomic E-state index is 15.7. The number of hydrogen-bond acceptors (Lipinski definition) is 7. The number of likely N-dealkylation sites (tertiary alicyclic amines) is 2. The smallest absolute Gasteiger partial charge is 0.245 e. The van der Waals surface area contributed by atoms with E-state index >= 15 is 8.78 Å². The number of benzene rings is 2.